The van der Waals surface area contributed by atoms with Gasteiger partial charge in [-0.15, -0.1) is 0 Å². The molecule has 6 heteroatoms. The number of benzene rings is 1. The highest BCUT2D eigenvalue weighted by Gasteiger charge is 2.14. The van der Waals surface area contributed by atoms with Crippen molar-refractivity contribution in [2.75, 3.05) is 10.6 Å². The maximum Gasteiger partial charge on any atom is 0.274 e. The lowest BCUT2D eigenvalue weighted by molar-refractivity contribution is 0.102. The van der Waals surface area contributed by atoms with Crippen molar-refractivity contribution in [1.29, 1.82) is 0 Å². The predicted octanol–water partition coefficient (Wildman–Crippen LogP) is 3.59. The molecule has 0 saturated carbocycles. The molecule has 0 aliphatic heterocycles. The molecular weight excluding hydrogens is 288 g/mol. The van der Waals surface area contributed by atoms with Crippen LogP contribution in [0.1, 0.15) is 31.3 Å². The second-order valence-corrected chi connectivity index (χ2v) is 6.04. The third kappa shape index (κ3) is 4.72. The number of hydrogen-bond acceptors (Lipinski definition) is 4. The van der Waals surface area contributed by atoms with Crippen molar-refractivity contribution in [3.63, 3.8) is 0 Å². The highest BCUT2D eigenvalue weighted by Crippen LogP contribution is 2.16. The van der Waals surface area contributed by atoms with E-state index in [0.29, 0.717) is 16.7 Å². The van der Waals surface area contributed by atoms with Crippen molar-refractivity contribution in [3.8, 4) is 0 Å². The fraction of sp³-hybridized carbons (Fsp3) is 0.267. The molecule has 0 spiro atoms. The van der Waals surface area contributed by atoms with Gasteiger partial charge in [-0.05, 0) is 45.0 Å². The number of aromatic nitrogens is 2. The molecule has 1 amide bonds. The smallest absolute Gasteiger partial charge is 0.274 e. The van der Waals surface area contributed by atoms with Crippen LogP contribution in [0.25, 0.3) is 0 Å². The summed E-state index contributed by atoms with van der Waals surface area (Å²) in [5.74, 6) is 0.109. The largest absolute Gasteiger partial charge is 0.350 e. The molecule has 2 aromatic rings. The molecule has 110 valence electrons. The average Bonchev–Trinajstić information content (AvgIpc) is 2.37. The standard InChI is InChI=1S/C15H17ClN4O/c1-15(2,3)20-14-17-8-7-12(19-14)13(21)18-11-6-4-5-10(16)9-11/h4-9H,1-3H3,(H,18,21)(H,17,19,20). The van der Waals surface area contributed by atoms with E-state index in [9.17, 15) is 4.79 Å². The van der Waals surface area contributed by atoms with E-state index in [1.165, 1.54) is 0 Å². The van der Waals surface area contributed by atoms with Crippen molar-refractivity contribution in [1.82, 2.24) is 9.97 Å². The normalized spacial score (nSPS) is 11.0. The first-order valence-corrected chi connectivity index (χ1v) is 6.89. The van der Waals surface area contributed by atoms with Gasteiger partial charge < -0.3 is 10.6 Å². The zero-order valence-corrected chi connectivity index (χ0v) is 12.9. The summed E-state index contributed by atoms with van der Waals surface area (Å²) in [7, 11) is 0. The van der Waals surface area contributed by atoms with Gasteiger partial charge in [0.15, 0.2) is 0 Å². The van der Waals surface area contributed by atoms with Crippen LogP contribution in [0.5, 0.6) is 0 Å². The van der Waals surface area contributed by atoms with E-state index in [-0.39, 0.29) is 17.1 Å². The maximum atomic E-state index is 12.2. The fourth-order valence-electron chi connectivity index (χ4n) is 1.64. The van der Waals surface area contributed by atoms with Crippen LogP contribution >= 0.6 is 11.6 Å². The van der Waals surface area contributed by atoms with Crippen LogP contribution in [0.15, 0.2) is 36.5 Å². The first-order valence-electron chi connectivity index (χ1n) is 6.52. The van der Waals surface area contributed by atoms with Crippen molar-refractivity contribution in [2.45, 2.75) is 26.3 Å². The van der Waals surface area contributed by atoms with E-state index in [2.05, 4.69) is 20.6 Å². The van der Waals surface area contributed by atoms with Gasteiger partial charge in [0.05, 0.1) is 0 Å². The quantitative estimate of drug-likeness (QED) is 0.909. The van der Waals surface area contributed by atoms with Crippen LogP contribution in [-0.4, -0.2) is 21.4 Å². The average molecular weight is 305 g/mol. The van der Waals surface area contributed by atoms with E-state index in [4.69, 9.17) is 11.6 Å². The summed E-state index contributed by atoms with van der Waals surface area (Å²) < 4.78 is 0. The Morgan fingerprint density at radius 2 is 2.00 bits per heavy atom. The van der Waals surface area contributed by atoms with Gasteiger partial charge >= 0.3 is 0 Å². The summed E-state index contributed by atoms with van der Waals surface area (Å²) in [6, 6.07) is 8.51. The van der Waals surface area contributed by atoms with Crippen LogP contribution in [0.3, 0.4) is 0 Å². The Kier molecular flexibility index (Phi) is 4.43. The molecule has 2 rings (SSSR count). The Hall–Kier alpha value is -2.14. The van der Waals surface area contributed by atoms with Gasteiger partial charge in [0.1, 0.15) is 5.69 Å². The number of halogens is 1. The lowest BCUT2D eigenvalue weighted by atomic mass is 10.1. The summed E-state index contributed by atoms with van der Waals surface area (Å²) >= 11 is 5.89. The molecular formula is C15H17ClN4O. The van der Waals surface area contributed by atoms with Gasteiger partial charge in [0.2, 0.25) is 5.95 Å². The number of hydrogen-bond donors (Lipinski definition) is 2. The monoisotopic (exact) mass is 304 g/mol. The summed E-state index contributed by atoms with van der Waals surface area (Å²) in [6.45, 7) is 5.99. The molecule has 0 atom stereocenters. The van der Waals surface area contributed by atoms with Gasteiger partial charge in [-0.2, -0.15) is 0 Å². The molecule has 0 saturated heterocycles. The summed E-state index contributed by atoms with van der Waals surface area (Å²) in [5.41, 5.74) is 0.732. The van der Waals surface area contributed by atoms with Crippen molar-refractivity contribution in [3.05, 3.63) is 47.2 Å². The van der Waals surface area contributed by atoms with Crippen molar-refractivity contribution in [2.24, 2.45) is 0 Å². The van der Waals surface area contributed by atoms with Gasteiger partial charge in [0, 0.05) is 22.4 Å². The minimum Gasteiger partial charge on any atom is -0.350 e. The highest BCUT2D eigenvalue weighted by atomic mass is 35.5. The van der Waals surface area contributed by atoms with Crippen LogP contribution in [0.2, 0.25) is 5.02 Å². The fourth-order valence-corrected chi connectivity index (χ4v) is 1.83. The molecule has 0 aliphatic rings. The number of anilines is 2. The number of rotatable bonds is 3. The number of nitrogens with one attached hydrogen (secondary N) is 2. The first kappa shape index (κ1) is 15.3. The molecule has 0 radical (unpaired) electrons. The van der Waals surface area contributed by atoms with Crippen LogP contribution in [-0.2, 0) is 0 Å². The predicted molar refractivity (Wildman–Crippen MR) is 84.8 cm³/mol. The maximum absolute atomic E-state index is 12.2. The van der Waals surface area contributed by atoms with Gasteiger partial charge in [0.25, 0.3) is 5.91 Å². The molecule has 2 N–H and O–H groups in total. The number of amides is 1. The third-order valence-electron chi connectivity index (χ3n) is 2.46. The molecule has 0 fully saturated rings. The van der Waals surface area contributed by atoms with Crippen LogP contribution in [0.4, 0.5) is 11.6 Å². The lowest BCUT2D eigenvalue weighted by Gasteiger charge is -2.20. The summed E-state index contributed by atoms with van der Waals surface area (Å²) in [5, 5.41) is 6.43. The zero-order chi connectivity index (χ0) is 15.5. The van der Waals surface area contributed by atoms with E-state index >= 15 is 0 Å². The molecule has 0 aliphatic carbocycles. The van der Waals surface area contributed by atoms with Crippen LogP contribution in [0, 0.1) is 0 Å². The minimum atomic E-state index is -0.309. The van der Waals surface area contributed by atoms with Crippen LogP contribution < -0.4 is 10.6 Å². The Bertz CT molecular complexity index is 652. The van der Waals surface area contributed by atoms with E-state index in [1.807, 2.05) is 20.8 Å². The Balaban J connectivity index is 2.14. The third-order valence-corrected chi connectivity index (χ3v) is 2.69. The van der Waals surface area contributed by atoms with Gasteiger partial charge in [-0.1, -0.05) is 17.7 Å². The summed E-state index contributed by atoms with van der Waals surface area (Å²) in [6.07, 6.45) is 1.55. The van der Waals surface area contributed by atoms with Crippen molar-refractivity contribution < 1.29 is 4.79 Å². The Morgan fingerprint density at radius 3 is 2.67 bits per heavy atom. The Morgan fingerprint density at radius 1 is 1.24 bits per heavy atom. The van der Waals surface area contributed by atoms with Gasteiger partial charge in [-0.25, -0.2) is 9.97 Å². The second kappa shape index (κ2) is 6.10. The lowest BCUT2D eigenvalue weighted by Crippen LogP contribution is -2.28. The SMILES string of the molecule is CC(C)(C)Nc1nccc(C(=O)Nc2cccc(Cl)c2)n1. The van der Waals surface area contributed by atoms with E-state index in [0.717, 1.165) is 0 Å². The molecule has 21 heavy (non-hydrogen) atoms. The molecule has 0 bridgehead atoms. The van der Waals surface area contributed by atoms with Gasteiger partial charge in [-0.3, -0.25) is 4.79 Å². The van der Waals surface area contributed by atoms with Crippen molar-refractivity contribution >= 4 is 29.1 Å². The van der Waals surface area contributed by atoms with E-state index < -0.39 is 0 Å². The molecule has 0 unspecified atom stereocenters. The molecule has 1 aromatic carbocycles. The molecule has 1 aromatic heterocycles. The number of carbonyl (C=O) groups is 1. The zero-order valence-electron chi connectivity index (χ0n) is 12.1. The first-order chi connectivity index (χ1) is 9.83. The molecule has 5 nitrogen and oxygen atoms in total. The number of carbonyl (C=O) groups excluding carboxylic acids is 1. The number of nitrogens with zero attached hydrogens (tertiary/aromatic N) is 2. The topological polar surface area (TPSA) is 66.9 Å². The van der Waals surface area contributed by atoms with E-state index in [1.54, 1.807) is 36.5 Å². The highest BCUT2D eigenvalue weighted by molar-refractivity contribution is 6.30. The Labute approximate surface area is 128 Å². The minimum absolute atomic E-state index is 0.179. The summed E-state index contributed by atoms with van der Waals surface area (Å²) in [4.78, 5) is 20.5. The molecule has 1 heterocycles. The second-order valence-electron chi connectivity index (χ2n) is 5.60.